The Hall–Kier alpha value is -1.57. The second kappa shape index (κ2) is 12.1. The zero-order chi connectivity index (χ0) is 23.1. The van der Waals surface area contributed by atoms with Gasteiger partial charge in [-0.1, -0.05) is 70.6 Å². The molecule has 3 aliphatic rings. The topological polar surface area (TPSA) is 90.9 Å². The molecule has 1 saturated heterocycles. The molecular weight excluding hydrogens is 424 g/mol. The van der Waals surface area contributed by atoms with Crippen molar-refractivity contribution in [2.45, 2.75) is 96.6 Å². The molecule has 0 bridgehead atoms. The highest BCUT2D eigenvalue weighted by Gasteiger charge is 2.36. The van der Waals surface area contributed by atoms with E-state index in [1.807, 2.05) is 7.05 Å². The fourth-order valence-corrected chi connectivity index (χ4v) is 6.62. The van der Waals surface area contributed by atoms with Gasteiger partial charge in [-0.3, -0.25) is 14.4 Å². The molecule has 2 unspecified atom stereocenters. The minimum atomic E-state index is -0.747. The molecule has 32 heavy (non-hydrogen) atoms. The van der Waals surface area contributed by atoms with Gasteiger partial charge in [0.1, 0.15) is 6.04 Å². The van der Waals surface area contributed by atoms with Gasteiger partial charge >= 0.3 is 5.91 Å². The van der Waals surface area contributed by atoms with Gasteiger partial charge < -0.3 is 10.2 Å². The predicted octanol–water partition coefficient (Wildman–Crippen LogP) is 3.68. The highest BCUT2D eigenvalue weighted by molar-refractivity contribution is 8.14. The number of amides is 2. The Morgan fingerprint density at radius 1 is 0.969 bits per heavy atom. The fourth-order valence-electron chi connectivity index (χ4n) is 5.24. The van der Waals surface area contributed by atoms with E-state index < -0.39 is 17.7 Å². The molecule has 0 aromatic heterocycles. The largest absolute Gasteiger partial charge is 0.349 e. The molecule has 3 fully saturated rings. The van der Waals surface area contributed by atoms with Crippen LogP contribution in [-0.4, -0.2) is 52.5 Å². The molecule has 2 atom stereocenters. The maximum Gasteiger partial charge on any atom is 0.309 e. The van der Waals surface area contributed by atoms with E-state index in [0.717, 1.165) is 68.7 Å². The number of nitrogens with one attached hydrogen (secondary N) is 2. The first-order chi connectivity index (χ1) is 15.4. The van der Waals surface area contributed by atoms with E-state index in [9.17, 15) is 14.4 Å². The summed E-state index contributed by atoms with van der Waals surface area (Å²) < 4.78 is 0. The number of hydrogen-bond donors (Lipinski definition) is 2. The summed E-state index contributed by atoms with van der Waals surface area (Å²) in [5.41, 5.74) is 2.48. The molecule has 0 aromatic carbocycles. The molecule has 2 N–H and O–H groups in total. The van der Waals surface area contributed by atoms with Crippen molar-refractivity contribution < 1.29 is 14.4 Å². The van der Waals surface area contributed by atoms with Gasteiger partial charge in [-0.15, -0.1) is 5.10 Å². The summed E-state index contributed by atoms with van der Waals surface area (Å²) in [6.07, 6.45) is 11.2. The normalized spacial score (nSPS) is 25.6. The van der Waals surface area contributed by atoms with Gasteiger partial charge in [0.05, 0.1) is 0 Å². The van der Waals surface area contributed by atoms with Gasteiger partial charge in [-0.25, -0.2) is 5.43 Å². The van der Waals surface area contributed by atoms with Gasteiger partial charge in [0.15, 0.2) is 5.17 Å². The van der Waals surface area contributed by atoms with Crippen LogP contribution in [0.25, 0.3) is 0 Å². The van der Waals surface area contributed by atoms with Crippen molar-refractivity contribution in [3.63, 3.8) is 0 Å². The Balaban J connectivity index is 1.65. The molecule has 1 heterocycles. The Bertz CT molecular complexity index is 697. The van der Waals surface area contributed by atoms with E-state index in [4.69, 9.17) is 0 Å². The first-order valence-corrected chi connectivity index (χ1v) is 13.4. The number of nitrogens with zero attached hydrogens (tertiary/aromatic N) is 2. The average Bonchev–Trinajstić information content (AvgIpc) is 2.98. The maximum absolute atomic E-state index is 13.2. The molecular formula is C24H40N4O3S. The van der Waals surface area contributed by atoms with Crippen LogP contribution in [0.4, 0.5) is 0 Å². The van der Waals surface area contributed by atoms with Crippen molar-refractivity contribution >= 4 is 34.5 Å². The second-order valence-electron chi connectivity index (χ2n) is 10.0. The Labute approximate surface area is 196 Å². The lowest BCUT2D eigenvalue weighted by molar-refractivity contribution is -0.141. The molecule has 180 valence electrons. The number of thioether (sulfide) groups is 1. The van der Waals surface area contributed by atoms with Crippen molar-refractivity contribution in [1.82, 2.24) is 15.6 Å². The first-order valence-electron chi connectivity index (χ1n) is 12.5. The van der Waals surface area contributed by atoms with Crippen molar-refractivity contribution in [3.05, 3.63) is 0 Å². The summed E-state index contributed by atoms with van der Waals surface area (Å²) in [7, 11) is 1.97. The van der Waals surface area contributed by atoms with E-state index >= 15 is 0 Å². The molecule has 2 aliphatic carbocycles. The van der Waals surface area contributed by atoms with Crippen LogP contribution in [-0.2, 0) is 14.4 Å². The highest BCUT2D eigenvalue weighted by Crippen LogP contribution is 2.29. The Kier molecular flexibility index (Phi) is 9.44. The summed E-state index contributed by atoms with van der Waals surface area (Å²) in [4.78, 5) is 41.0. The van der Waals surface area contributed by atoms with E-state index in [1.54, 1.807) is 11.8 Å². The van der Waals surface area contributed by atoms with Crippen LogP contribution in [0.1, 0.15) is 84.5 Å². The number of ketones is 1. The molecule has 2 saturated carbocycles. The first kappa shape index (κ1) is 25.1. The molecule has 2 amide bonds. The minimum absolute atomic E-state index is 0.0261. The third-order valence-corrected chi connectivity index (χ3v) is 8.50. The lowest BCUT2D eigenvalue weighted by atomic mass is 9.81. The molecule has 0 radical (unpaired) electrons. The number of carbonyl (C=O) groups is 3. The van der Waals surface area contributed by atoms with Crippen molar-refractivity contribution in [1.29, 1.82) is 0 Å². The predicted molar refractivity (Wildman–Crippen MR) is 129 cm³/mol. The molecule has 7 nitrogen and oxygen atoms in total. The van der Waals surface area contributed by atoms with Crippen molar-refractivity contribution in [3.8, 4) is 0 Å². The highest BCUT2D eigenvalue weighted by atomic mass is 32.2. The zero-order valence-corrected chi connectivity index (χ0v) is 20.7. The summed E-state index contributed by atoms with van der Waals surface area (Å²) in [6, 6.07) is -0.385. The van der Waals surface area contributed by atoms with E-state index in [1.165, 1.54) is 12.8 Å². The van der Waals surface area contributed by atoms with Gasteiger partial charge in [0.2, 0.25) is 11.7 Å². The monoisotopic (exact) mass is 464 g/mol. The quantitative estimate of drug-likeness (QED) is 0.341. The number of rotatable bonds is 7. The summed E-state index contributed by atoms with van der Waals surface area (Å²) in [5, 5.41) is 7.97. The second-order valence-corrected chi connectivity index (χ2v) is 11.0. The smallest absolute Gasteiger partial charge is 0.309 e. The SMILES string of the molecule is CC(C)C1CSC(=NNC(=O)C(=O)C(NC(=O)C2CCCCCC2)C2CCCCC2)N1C. The standard InChI is InChI=1S/C24H40N4O3S/c1-16(2)19-15-32-24(28(19)3)27-26-23(31)21(29)20(17-11-9-6-10-12-17)25-22(30)18-13-7-4-5-8-14-18/h16-20H,4-15H2,1-3H3,(H,25,30)(H,26,31). The number of Topliss-reactive ketones (excluding diaryl/α,β-unsaturated/α-hetero) is 1. The van der Waals surface area contributed by atoms with Crippen LogP contribution >= 0.6 is 11.8 Å². The zero-order valence-electron chi connectivity index (χ0n) is 19.9. The number of carbonyl (C=O) groups excluding carboxylic acids is 3. The molecule has 0 aromatic rings. The molecule has 8 heteroatoms. The number of amidine groups is 1. The fraction of sp³-hybridized carbons (Fsp3) is 0.833. The average molecular weight is 465 g/mol. The van der Waals surface area contributed by atoms with Crippen LogP contribution in [0.3, 0.4) is 0 Å². The molecule has 3 rings (SSSR count). The summed E-state index contributed by atoms with van der Waals surface area (Å²) >= 11 is 1.59. The van der Waals surface area contributed by atoms with E-state index in [2.05, 4.69) is 34.6 Å². The van der Waals surface area contributed by atoms with Gasteiger partial charge in [0.25, 0.3) is 0 Å². The lowest BCUT2D eigenvalue weighted by Gasteiger charge is -2.30. The van der Waals surface area contributed by atoms with E-state index in [-0.39, 0.29) is 17.7 Å². The maximum atomic E-state index is 13.2. The number of hydrogen-bond acceptors (Lipinski definition) is 5. The lowest BCUT2D eigenvalue weighted by Crippen LogP contribution is -2.52. The van der Waals surface area contributed by atoms with Crippen LogP contribution in [0, 0.1) is 17.8 Å². The summed E-state index contributed by atoms with van der Waals surface area (Å²) in [6.45, 7) is 4.33. The third kappa shape index (κ3) is 6.49. The minimum Gasteiger partial charge on any atom is -0.349 e. The molecule has 1 aliphatic heterocycles. The van der Waals surface area contributed by atoms with E-state index in [0.29, 0.717) is 12.0 Å². The van der Waals surface area contributed by atoms with Crippen LogP contribution in [0.15, 0.2) is 5.10 Å². The summed E-state index contributed by atoms with van der Waals surface area (Å²) in [5.74, 6) is 0.0343. The Morgan fingerprint density at radius 2 is 1.56 bits per heavy atom. The number of hydrazone groups is 1. The van der Waals surface area contributed by atoms with Crippen LogP contribution in [0.5, 0.6) is 0 Å². The van der Waals surface area contributed by atoms with Gasteiger partial charge in [0, 0.05) is 24.8 Å². The van der Waals surface area contributed by atoms with Crippen molar-refractivity contribution in [2.24, 2.45) is 22.9 Å². The third-order valence-electron chi connectivity index (χ3n) is 7.36. The molecule has 0 spiro atoms. The van der Waals surface area contributed by atoms with Gasteiger partial charge in [-0.05, 0) is 37.5 Å². The van der Waals surface area contributed by atoms with Crippen molar-refractivity contribution in [2.75, 3.05) is 12.8 Å². The van der Waals surface area contributed by atoms with Gasteiger partial charge in [-0.2, -0.15) is 0 Å². The van der Waals surface area contributed by atoms with Crippen LogP contribution < -0.4 is 10.7 Å². The Morgan fingerprint density at radius 3 is 2.16 bits per heavy atom. The van der Waals surface area contributed by atoms with Crippen LogP contribution in [0.2, 0.25) is 0 Å².